The average molecular weight is 546 g/mol. The van der Waals surface area contributed by atoms with E-state index in [2.05, 4.69) is 15.3 Å². The number of amides is 1. The fourth-order valence-corrected chi connectivity index (χ4v) is 4.47. The highest BCUT2D eigenvalue weighted by atomic mass is 16.5. The minimum atomic E-state index is -1.59. The summed E-state index contributed by atoms with van der Waals surface area (Å²) in [5.41, 5.74) is 9.75. The third-order valence-corrected chi connectivity index (χ3v) is 6.49. The zero-order valence-corrected chi connectivity index (χ0v) is 21.8. The Morgan fingerprint density at radius 2 is 1.75 bits per heavy atom. The van der Waals surface area contributed by atoms with Gasteiger partial charge in [-0.1, -0.05) is 59.7 Å². The largest absolute Gasteiger partial charge is 0.494 e. The Bertz CT molecular complexity index is 1360. The second-order valence-corrected chi connectivity index (χ2v) is 9.24. The molecule has 2 atom stereocenters. The maximum atomic E-state index is 14.1. The number of ether oxygens (including phenoxy) is 2. The molecule has 0 unspecified atom stereocenters. The highest BCUT2D eigenvalue weighted by molar-refractivity contribution is 6.01. The molecule has 0 saturated heterocycles. The summed E-state index contributed by atoms with van der Waals surface area (Å²) in [4.78, 5) is 21.9. The first-order valence-electron chi connectivity index (χ1n) is 12.9. The Morgan fingerprint density at radius 3 is 2.42 bits per heavy atom. The molecule has 4 N–H and O–H groups in total. The van der Waals surface area contributed by atoms with Crippen LogP contribution in [0.3, 0.4) is 0 Å². The molecule has 1 amide bonds. The molecule has 0 aliphatic carbocycles. The van der Waals surface area contributed by atoms with E-state index in [-0.39, 0.29) is 24.6 Å². The lowest BCUT2D eigenvalue weighted by atomic mass is 9.81. The average Bonchev–Trinajstić information content (AvgIpc) is 3.37. The van der Waals surface area contributed by atoms with Crippen molar-refractivity contribution in [1.29, 1.82) is 0 Å². The number of carbonyl (C=O) groups excluding carboxylic acids is 1. The van der Waals surface area contributed by atoms with Crippen LogP contribution in [0.4, 0.5) is 5.69 Å². The maximum absolute atomic E-state index is 14.1. The molecular weight excluding hydrogens is 514 g/mol. The van der Waals surface area contributed by atoms with E-state index in [4.69, 9.17) is 19.6 Å². The fourth-order valence-electron chi connectivity index (χ4n) is 4.47. The predicted octanol–water partition coefficient (Wildman–Crippen LogP) is 3.36. The number of hydrogen-bond donors (Lipinski definition) is 4. The van der Waals surface area contributed by atoms with Gasteiger partial charge in [-0.25, -0.2) is 4.99 Å². The first kappa shape index (κ1) is 28.6. The van der Waals surface area contributed by atoms with Crippen molar-refractivity contribution in [3.8, 4) is 5.75 Å². The molecule has 0 aromatic heterocycles. The van der Waals surface area contributed by atoms with Gasteiger partial charge in [0.1, 0.15) is 5.75 Å². The van der Waals surface area contributed by atoms with E-state index in [1.807, 2.05) is 30.3 Å². The van der Waals surface area contributed by atoms with Crippen LogP contribution in [0.15, 0.2) is 89.0 Å². The number of aliphatic hydroxyl groups excluding tert-OH is 3. The van der Waals surface area contributed by atoms with Crippen LogP contribution in [0.5, 0.6) is 5.75 Å². The summed E-state index contributed by atoms with van der Waals surface area (Å²) in [7, 11) is 0. The van der Waals surface area contributed by atoms with Crippen LogP contribution < -0.4 is 10.1 Å². The first-order valence-corrected chi connectivity index (χ1v) is 12.9. The zero-order chi connectivity index (χ0) is 28.4. The van der Waals surface area contributed by atoms with Gasteiger partial charge in [0.15, 0.2) is 11.6 Å². The molecule has 1 aliphatic rings. The predicted molar refractivity (Wildman–Crippen MR) is 148 cm³/mol. The Kier molecular flexibility index (Phi) is 9.71. The van der Waals surface area contributed by atoms with E-state index < -0.39 is 36.8 Å². The summed E-state index contributed by atoms with van der Waals surface area (Å²) in [6.45, 7) is -0.555. The SMILES string of the molecule is [N-]=[N+]=Nc1ccccc1[C@H]1OC(c2ccc(OCCCO)cc2)=N[C@@]1(Cc1ccccc1)C(=O)NC(CO)CO. The molecular formula is C29H31N5O6. The Balaban J connectivity index is 1.84. The van der Waals surface area contributed by atoms with Gasteiger partial charge in [-0.15, -0.1) is 0 Å². The van der Waals surface area contributed by atoms with Crippen molar-refractivity contribution >= 4 is 17.5 Å². The van der Waals surface area contributed by atoms with Crippen LogP contribution in [-0.2, 0) is 16.0 Å². The van der Waals surface area contributed by atoms with Crippen LogP contribution >= 0.6 is 0 Å². The molecule has 4 rings (SSSR count). The molecule has 40 heavy (non-hydrogen) atoms. The number of nitrogens with zero attached hydrogens (tertiary/aromatic N) is 4. The third-order valence-electron chi connectivity index (χ3n) is 6.49. The van der Waals surface area contributed by atoms with E-state index in [0.29, 0.717) is 29.9 Å². The van der Waals surface area contributed by atoms with Gasteiger partial charge in [0, 0.05) is 41.2 Å². The zero-order valence-electron chi connectivity index (χ0n) is 21.8. The summed E-state index contributed by atoms with van der Waals surface area (Å²) in [6.07, 6.45) is -0.392. The van der Waals surface area contributed by atoms with Crippen LogP contribution in [0.2, 0.25) is 0 Å². The summed E-state index contributed by atoms with van der Waals surface area (Å²) in [5.74, 6) is 0.227. The first-order chi connectivity index (χ1) is 19.5. The van der Waals surface area contributed by atoms with Crippen molar-refractivity contribution in [1.82, 2.24) is 5.32 Å². The van der Waals surface area contributed by atoms with Crippen LogP contribution in [0.1, 0.15) is 29.2 Å². The topological polar surface area (TPSA) is 169 Å². The molecule has 11 heteroatoms. The van der Waals surface area contributed by atoms with Gasteiger partial charge in [-0.2, -0.15) is 0 Å². The van der Waals surface area contributed by atoms with E-state index in [1.165, 1.54) is 0 Å². The van der Waals surface area contributed by atoms with Gasteiger partial charge >= 0.3 is 0 Å². The van der Waals surface area contributed by atoms with Crippen LogP contribution in [0, 0.1) is 0 Å². The van der Waals surface area contributed by atoms with Crippen molar-refractivity contribution in [3.05, 3.63) is 106 Å². The monoisotopic (exact) mass is 545 g/mol. The Labute approximate surface area is 231 Å². The van der Waals surface area contributed by atoms with Crippen molar-refractivity contribution in [2.75, 3.05) is 26.4 Å². The molecule has 0 saturated carbocycles. The molecule has 0 radical (unpaired) electrons. The van der Waals surface area contributed by atoms with E-state index >= 15 is 0 Å². The summed E-state index contributed by atoms with van der Waals surface area (Å²) in [6, 6.07) is 22.2. The molecule has 208 valence electrons. The third kappa shape index (κ3) is 6.41. The second-order valence-electron chi connectivity index (χ2n) is 9.24. The number of benzene rings is 3. The number of rotatable bonds is 13. The minimum Gasteiger partial charge on any atom is -0.494 e. The molecule has 1 heterocycles. The van der Waals surface area contributed by atoms with E-state index in [9.17, 15) is 20.5 Å². The highest BCUT2D eigenvalue weighted by Crippen LogP contribution is 2.45. The van der Waals surface area contributed by atoms with Gasteiger partial charge in [-0.3, -0.25) is 4.79 Å². The summed E-state index contributed by atoms with van der Waals surface area (Å²) >= 11 is 0. The van der Waals surface area contributed by atoms with Gasteiger partial charge in [0.2, 0.25) is 5.90 Å². The van der Waals surface area contributed by atoms with Gasteiger partial charge in [0.25, 0.3) is 5.91 Å². The standard InChI is InChI=1S/C29H31N5O6/c30-34-33-25-10-5-4-9-24(25)26-29(17-20-7-2-1-3-8-20,28(38)31-22(18-36)19-37)32-27(40-26)21-11-13-23(14-12-21)39-16-6-15-35/h1-5,7-14,22,26,35-37H,6,15-19H2,(H,31,38)/t26-,29-/m1/s1. The lowest BCUT2D eigenvalue weighted by Crippen LogP contribution is -2.54. The normalized spacial score (nSPS) is 18.0. The van der Waals surface area contributed by atoms with Crippen molar-refractivity contribution in [2.45, 2.75) is 30.5 Å². The molecule has 3 aromatic carbocycles. The number of azide groups is 1. The molecule has 0 bridgehead atoms. The number of carbonyl (C=O) groups is 1. The van der Waals surface area contributed by atoms with Crippen molar-refractivity contribution < 1.29 is 29.6 Å². The smallest absolute Gasteiger partial charge is 0.253 e. The Morgan fingerprint density at radius 1 is 1.05 bits per heavy atom. The fraction of sp³-hybridized carbons (Fsp3) is 0.310. The van der Waals surface area contributed by atoms with Gasteiger partial charge in [0.05, 0.1) is 25.9 Å². The number of nitrogens with one attached hydrogen (secondary N) is 1. The lowest BCUT2D eigenvalue weighted by Gasteiger charge is -2.32. The highest BCUT2D eigenvalue weighted by Gasteiger charge is 2.54. The number of hydrogen-bond acceptors (Lipinski definition) is 8. The summed E-state index contributed by atoms with van der Waals surface area (Å²) in [5, 5.41) is 34.9. The van der Waals surface area contributed by atoms with E-state index in [1.54, 1.807) is 48.5 Å². The molecule has 0 spiro atoms. The van der Waals surface area contributed by atoms with Crippen molar-refractivity contribution in [2.24, 2.45) is 10.1 Å². The van der Waals surface area contributed by atoms with Crippen molar-refractivity contribution in [3.63, 3.8) is 0 Å². The maximum Gasteiger partial charge on any atom is 0.253 e. The number of aliphatic hydroxyl groups is 3. The van der Waals surface area contributed by atoms with Crippen LogP contribution in [-0.4, -0.2) is 65.1 Å². The minimum absolute atomic E-state index is 0.0282. The molecule has 1 aliphatic heterocycles. The molecule has 0 fully saturated rings. The molecule has 11 nitrogen and oxygen atoms in total. The molecule has 3 aromatic rings. The Hall–Kier alpha value is -4.41. The quantitative estimate of drug-likeness (QED) is 0.111. The van der Waals surface area contributed by atoms with E-state index in [0.717, 1.165) is 5.56 Å². The van der Waals surface area contributed by atoms with Gasteiger partial charge < -0.3 is 30.1 Å². The lowest BCUT2D eigenvalue weighted by molar-refractivity contribution is -0.130. The second kappa shape index (κ2) is 13.6. The van der Waals surface area contributed by atoms with Crippen LogP contribution in [0.25, 0.3) is 10.4 Å². The van der Waals surface area contributed by atoms with Gasteiger partial charge in [-0.05, 0) is 35.4 Å². The number of aliphatic imine (C=N–C) groups is 1. The summed E-state index contributed by atoms with van der Waals surface area (Å²) < 4.78 is 12.0.